The summed E-state index contributed by atoms with van der Waals surface area (Å²) in [6, 6.07) is 4.36. The molecular formula is C17H12F10N2. The van der Waals surface area contributed by atoms with E-state index < -0.39 is 41.2 Å². The zero-order chi connectivity index (χ0) is 22.1. The molecule has 2 nitrogen and oxygen atoms in total. The van der Waals surface area contributed by atoms with Gasteiger partial charge in [0.2, 0.25) is 0 Å². The van der Waals surface area contributed by atoms with Gasteiger partial charge in [0.05, 0.1) is 0 Å². The maximum absolute atomic E-state index is 15.1. The van der Waals surface area contributed by atoms with Crippen molar-refractivity contribution in [1.29, 1.82) is 0 Å². The van der Waals surface area contributed by atoms with Crippen LogP contribution in [-0.2, 0) is 0 Å². The first kappa shape index (κ1) is 22.6. The number of halogens is 10. The van der Waals surface area contributed by atoms with E-state index >= 15 is 4.39 Å². The second-order valence-corrected chi connectivity index (χ2v) is 5.86. The van der Waals surface area contributed by atoms with Gasteiger partial charge in [0.15, 0.2) is 0 Å². The molecule has 2 aromatic rings. The number of anilines is 2. The summed E-state index contributed by atoms with van der Waals surface area (Å²) in [5.74, 6) is -20.0. The molecule has 0 fully saturated rings. The van der Waals surface area contributed by atoms with Gasteiger partial charge in [0.1, 0.15) is 0 Å². The summed E-state index contributed by atoms with van der Waals surface area (Å²) < 4.78 is 137. The SMILES string of the molecule is FC(F)(F)C(F)(F)C(F)(F)C(F)(Nc1ccccc1)C(F)(F)Nc1ccccc1. The van der Waals surface area contributed by atoms with Crippen LogP contribution in [0, 0.1) is 0 Å². The Morgan fingerprint density at radius 2 is 0.862 bits per heavy atom. The normalized spacial score (nSPS) is 15.5. The number of nitrogens with one attached hydrogen (secondary N) is 2. The quantitative estimate of drug-likeness (QED) is 0.395. The van der Waals surface area contributed by atoms with Crippen molar-refractivity contribution in [3.8, 4) is 0 Å². The van der Waals surface area contributed by atoms with E-state index in [1.165, 1.54) is 12.1 Å². The number of hydrogen-bond donors (Lipinski definition) is 2. The Labute approximate surface area is 157 Å². The fourth-order valence-electron chi connectivity index (χ4n) is 2.26. The molecule has 0 saturated carbocycles. The van der Waals surface area contributed by atoms with Crippen LogP contribution in [0.2, 0.25) is 0 Å². The smallest absolute Gasteiger partial charge is 0.341 e. The summed E-state index contributed by atoms with van der Waals surface area (Å²) in [4.78, 5) is 0. The van der Waals surface area contributed by atoms with Crippen LogP contribution in [0.3, 0.4) is 0 Å². The molecule has 2 N–H and O–H groups in total. The maximum atomic E-state index is 15.1. The first-order chi connectivity index (χ1) is 13.2. The molecule has 0 bridgehead atoms. The average molecular weight is 434 g/mol. The molecule has 12 heteroatoms. The molecule has 0 aliphatic carbocycles. The molecule has 2 aromatic carbocycles. The van der Waals surface area contributed by atoms with Crippen LogP contribution < -0.4 is 10.6 Å². The standard InChI is InChI=1S/C17H12F10N2/c18-13(19,14(20,21)16(23,24)25)15(22,28-11-7-3-1-4-8-11)17(26,27)29-12-9-5-2-6-10-12/h1-10,28-29H. The summed E-state index contributed by atoms with van der Waals surface area (Å²) in [7, 11) is 0. The first-order valence-corrected chi connectivity index (χ1v) is 7.71. The van der Waals surface area contributed by atoms with Crippen LogP contribution in [0.15, 0.2) is 60.7 Å². The lowest BCUT2D eigenvalue weighted by molar-refractivity contribution is -0.391. The van der Waals surface area contributed by atoms with Crippen molar-refractivity contribution in [2.75, 3.05) is 10.6 Å². The molecule has 29 heavy (non-hydrogen) atoms. The number of benzene rings is 2. The Bertz CT molecular complexity index is 808. The molecule has 0 saturated heterocycles. The Kier molecular flexibility index (Phi) is 5.70. The number of para-hydroxylation sites is 2. The second kappa shape index (κ2) is 7.30. The van der Waals surface area contributed by atoms with E-state index in [-0.39, 0.29) is 0 Å². The van der Waals surface area contributed by atoms with E-state index in [4.69, 9.17) is 0 Å². The Morgan fingerprint density at radius 3 is 1.24 bits per heavy atom. The van der Waals surface area contributed by atoms with E-state index in [9.17, 15) is 39.5 Å². The lowest BCUT2D eigenvalue weighted by Gasteiger charge is -2.43. The summed E-state index contributed by atoms with van der Waals surface area (Å²) in [5.41, 5.74) is -1.59. The minimum atomic E-state index is -7.14. The third-order valence-electron chi connectivity index (χ3n) is 3.78. The van der Waals surface area contributed by atoms with E-state index in [1.807, 2.05) is 0 Å². The molecule has 0 amide bonds. The van der Waals surface area contributed by atoms with Crippen molar-refractivity contribution in [1.82, 2.24) is 0 Å². The third kappa shape index (κ3) is 3.92. The van der Waals surface area contributed by atoms with Crippen LogP contribution in [0.1, 0.15) is 0 Å². The highest BCUT2D eigenvalue weighted by Gasteiger charge is 2.86. The highest BCUT2D eigenvalue weighted by atomic mass is 19.4. The van der Waals surface area contributed by atoms with Gasteiger partial charge in [-0.2, -0.15) is 39.5 Å². The Balaban J connectivity index is 2.62. The largest absolute Gasteiger partial charge is 0.460 e. The van der Waals surface area contributed by atoms with E-state index in [0.717, 1.165) is 59.2 Å². The topological polar surface area (TPSA) is 24.1 Å². The third-order valence-corrected chi connectivity index (χ3v) is 3.78. The van der Waals surface area contributed by atoms with E-state index in [2.05, 4.69) is 0 Å². The van der Waals surface area contributed by atoms with Crippen LogP contribution in [0.25, 0.3) is 0 Å². The first-order valence-electron chi connectivity index (χ1n) is 7.71. The predicted octanol–water partition coefficient (Wildman–Crippen LogP) is 6.30. The highest BCUT2D eigenvalue weighted by Crippen LogP contribution is 2.56. The van der Waals surface area contributed by atoms with Gasteiger partial charge in [-0.15, -0.1) is 0 Å². The predicted molar refractivity (Wildman–Crippen MR) is 84.9 cm³/mol. The molecule has 1 atom stereocenters. The summed E-state index contributed by atoms with van der Waals surface area (Å²) in [5, 5.41) is 1.78. The molecule has 0 heterocycles. The molecule has 0 spiro atoms. The molecule has 0 aliphatic rings. The van der Waals surface area contributed by atoms with Crippen molar-refractivity contribution in [2.45, 2.75) is 29.9 Å². The average Bonchev–Trinajstić information content (AvgIpc) is 2.61. The van der Waals surface area contributed by atoms with Crippen LogP contribution >= 0.6 is 0 Å². The monoisotopic (exact) mass is 434 g/mol. The van der Waals surface area contributed by atoms with Gasteiger partial charge >= 0.3 is 29.9 Å². The fraction of sp³-hybridized carbons (Fsp3) is 0.294. The second-order valence-electron chi connectivity index (χ2n) is 5.86. The summed E-state index contributed by atoms with van der Waals surface area (Å²) in [6.07, 6.45) is -7.02. The zero-order valence-electron chi connectivity index (χ0n) is 14.1. The van der Waals surface area contributed by atoms with Crippen molar-refractivity contribution >= 4 is 11.4 Å². The Hall–Kier alpha value is -2.66. The van der Waals surface area contributed by atoms with Gasteiger partial charge in [-0.25, -0.2) is 4.39 Å². The fourth-order valence-corrected chi connectivity index (χ4v) is 2.26. The minimum Gasteiger partial charge on any atom is -0.341 e. The van der Waals surface area contributed by atoms with Crippen LogP contribution in [0.5, 0.6) is 0 Å². The van der Waals surface area contributed by atoms with E-state index in [0.29, 0.717) is 0 Å². The molecule has 0 aromatic heterocycles. The number of rotatable bonds is 7. The van der Waals surface area contributed by atoms with Gasteiger partial charge in [-0.05, 0) is 24.3 Å². The van der Waals surface area contributed by atoms with Crippen molar-refractivity contribution < 1.29 is 43.9 Å². The maximum Gasteiger partial charge on any atom is 0.460 e. The van der Waals surface area contributed by atoms with Crippen molar-refractivity contribution in [2.24, 2.45) is 0 Å². The minimum absolute atomic E-state index is 0.708. The molecular weight excluding hydrogens is 422 g/mol. The molecule has 0 aliphatic heterocycles. The molecule has 0 radical (unpaired) electrons. The lowest BCUT2D eigenvalue weighted by atomic mass is 9.96. The van der Waals surface area contributed by atoms with Gasteiger partial charge in [0.25, 0.3) is 0 Å². The van der Waals surface area contributed by atoms with Crippen molar-refractivity contribution in [3.63, 3.8) is 0 Å². The zero-order valence-corrected chi connectivity index (χ0v) is 14.1. The number of hydrogen-bond acceptors (Lipinski definition) is 2. The van der Waals surface area contributed by atoms with Crippen LogP contribution in [0.4, 0.5) is 55.3 Å². The lowest BCUT2D eigenvalue weighted by Crippen LogP contribution is -2.73. The highest BCUT2D eigenvalue weighted by molar-refractivity contribution is 5.50. The Morgan fingerprint density at radius 1 is 0.483 bits per heavy atom. The molecule has 2 rings (SSSR count). The number of alkyl halides is 10. The van der Waals surface area contributed by atoms with Gasteiger partial charge in [0, 0.05) is 11.4 Å². The summed E-state index contributed by atoms with van der Waals surface area (Å²) in [6.45, 7) is 0. The van der Waals surface area contributed by atoms with E-state index in [1.54, 1.807) is 0 Å². The van der Waals surface area contributed by atoms with Gasteiger partial charge in [-0.1, -0.05) is 36.4 Å². The summed E-state index contributed by atoms with van der Waals surface area (Å²) >= 11 is 0. The van der Waals surface area contributed by atoms with Crippen molar-refractivity contribution in [3.05, 3.63) is 60.7 Å². The van der Waals surface area contributed by atoms with Gasteiger partial charge in [-0.3, -0.25) is 0 Å². The van der Waals surface area contributed by atoms with Crippen LogP contribution in [-0.4, -0.2) is 29.9 Å². The molecule has 160 valence electrons. The van der Waals surface area contributed by atoms with Gasteiger partial charge < -0.3 is 10.6 Å². The molecule has 1 unspecified atom stereocenters.